The van der Waals surface area contributed by atoms with Crippen LogP contribution in [0.15, 0.2) is 12.7 Å². The number of hydrogen-bond donors (Lipinski definition) is 3. The molecular formula is C14H25N3O3. The summed E-state index contributed by atoms with van der Waals surface area (Å²) in [6, 6.07) is -1.40. The Morgan fingerprint density at radius 3 is 2.25 bits per heavy atom. The topological polar surface area (TPSA) is 101 Å². The SMILES string of the molecule is C=CCCC[C@H](NC(=O)[C@H](NC(C)=O)C(C)C)C(N)=O. The molecular weight excluding hydrogens is 258 g/mol. The quantitative estimate of drug-likeness (QED) is 0.423. The largest absolute Gasteiger partial charge is 0.368 e. The number of primary amides is 1. The van der Waals surface area contributed by atoms with Gasteiger partial charge < -0.3 is 16.4 Å². The minimum absolute atomic E-state index is 0.0828. The lowest BCUT2D eigenvalue weighted by molar-refractivity contribution is -0.131. The van der Waals surface area contributed by atoms with Crippen LogP contribution in [0.25, 0.3) is 0 Å². The second-order valence-electron chi connectivity index (χ2n) is 5.11. The summed E-state index contributed by atoms with van der Waals surface area (Å²) in [4.78, 5) is 34.6. The first-order valence-corrected chi connectivity index (χ1v) is 6.77. The van der Waals surface area contributed by atoms with Crippen LogP contribution in [0.1, 0.15) is 40.0 Å². The number of amides is 3. The highest BCUT2D eigenvalue weighted by molar-refractivity contribution is 5.91. The molecule has 114 valence electrons. The molecule has 6 nitrogen and oxygen atoms in total. The summed E-state index contributed by atoms with van der Waals surface area (Å²) in [5.74, 6) is -1.34. The van der Waals surface area contributed by atoms with E-state index in [9.17, 15) is 14.4 Å². The maximum atomic E-state index is 12.1. The van der Waals surface area contributed by atoms with E-state index in [1.54, 1.807) is 6.08 Å². The number of unbranched alkanes of at least 4 members (excludes halogenated alkanes) is 1. The minimum atomic E-state index is -0.725. The monoisotopic (exact) mass is 283 g/mol. The summed E-state index contributed by atoms with van der Waals surface area (Å²) in [5, 5.41) is 5.17. The molecule has 0 aromatic heterocycles. The zero-order chi connectivity index (χ0) is 15.7. The van der Waals surface area contributed by atoms with Gasteiger partial charge in [0.05, 0.1) is 0 Å². The van der Waals surface area contributed by atoms with Crippen LogP contribution in [0.5, 0.6) is 0 Å². The molecule has 2 atom stereocenters. The minimum Gasteiger partial charge on any atom is -0.368 e. The average Bonchev–Trinajstić information content (AvgIpc) is 2.33. The van der Waals surface area contributed by atoms with Crippen molar-refractivity contribution >= 4 is 17.7 Å². The Morgan fingerprint density at radius 1 is 1.25 bits per heavy atom. The molecule has 3 amide bonds. The van der Waals surface area contributed by atoms with Crippen molar-refractivity contribution in [2.75, 3.05) is 0 Å². The molecule has 0 rings (SSSR count). The van der Waals surface area contributed by atoms with Gasteiger partial charge in [0.2, 0.25) is 17.7 Å². The smallest absolute Gasteiger partial charge is 0.243 e. The number of rotatable bonds is 9. The maximum absolute atomic E-state index is 12.1. The van der Waals surface area contributed by atoms with E-state index >= 15 is 0 Å². The fourth-order valence-electron chi connectivity index (χ4n) is 1.77. The molecule has 0 heterocycles. The van der Waals surface area contributed by atoms with Crippen LogP contribution in [-0.2, 0) is 14.4 Å². The zero-order valence-electron chi connectivity index (χ0n) is 12.4. The molecule has 0 fully saturated rings. The lowest BCUT2D eigenvalue weighted by Crippen LogP contribution is -2.54. The zero-order valence-corrected chi connectivity index (χ0v) is 12.4. The van der Waals surface area contributed by atoms with Gasteiger partial charge in [-0.05, 0) is 25.2 Å². The molecule has 0 unspecified atom stereocenters. The van der Waals surface area contributed by atoms with Gasteiger partial charge in [-0.15, -0.1) is 6.58 Å². The van der Waals surface area contributed by atoms with Gasteiger partial charge in [0, 0.05) is 6.92 Å². The van der Waals surface area contributed by atoms with Gasteiger partial charge in [-0.1, -0.05) is 19.9 Å². The summed E-state index contributed by atoms with van der Waals surface area (Å²) in [7, 11) is 0. The first-order valence-electron chi connectivity index (χ1n) is 6.77. The Labute approximate surface area is 120 Å². The summed E-state index contributed by atoms with van der Waals surface area (Å²) in [6.45, 7) is 8.58. The Balaban J connectivity index is 4.65. The van der Waals surface area contributed by atoms with Crippen LogP contribution >= 0.6 is 0 Å². The van der Waals surface area contributed by atoms with Crippen molar-refractivity contribution in [1.82, 2.24) is 10.6 Å². The molecule has 0 aromatic rings. The fourth-order valence-corrected chi connectivity index (χ4v) is 1.77. The van der Waals surface area contributed by atoms with E-state index < -0.39 is 23.9 Å². The number of carbonyl (C=O) groups is 3. The predicted molar refractivity (Wildman–Crippen MR) is 77.6 cm³/mol. The van der Waals surface area contributed by atoms with Crippen LogP contribution in [0.3, 0.4) is 0 Å². The number of carbonyl (C=O) groups excluding carboxylic acids is 3. The van der Waals surface area contributed by atoms with Crippen molar-refractivity contribution in [3.63, 3.8) is 0 Å². The van der Waals surface area contributed by atoms with E-state index in [0.717, 1.165) is 6.42 Å². The molecule has 20 heavy (non-hydrogen) atoms. The van der Waals surface area contributed by atoms with Crippen molar-refractivity contribution in [3.8, 4) is 0 Å². The number of hydrogen-bond acceptors (Lipinski definition) is 3. The summed E-state index contributed by atoms with van der Waals surface area (Å²) >= 11 is 0. The molecule has 0 saturated heterocycles. The lowest BCUT2D eigenvalue weighted by Gasteiger charge is -2.23. The summed E-state index contributed by atoms with van der Waals surface area (Å²) < 4.78 is 0. The van der Waals surface area contributed by atoms with Gasteiger partial charge in [-0.3, -0.25) is 14.4 Å². The molecule has 6 heteroatoms. The van der Waals surface area contributed by atoms with E-state index in [1.165, 1.54) is 6.92 Å². The first kappa shape index (κ1) is 18.1. The van der Waals surface area contributed by atoms with Gasteiger partial charge >= 0.3 is 0 Å². The average molecular weight is 283 g/mol. The first-order chi connectivity index (χ1) is 9.29. The third kappa shape index (κ3) is 6.92. The second kappa shape index (κ2) is 9.12. The van der Waals surface area contributed by atoms with Gasteiger partial charge in [-0.25, -0.2) is 0 Å². The molecule has 0 radical (unpaired) electrons. The highest BCUT2D eigenvalue weighted by Gasteiger charge is 2.26. The van der Waals surface area contributed by atoms with Gasteiger partial charge in [0.15, 0.2) is 0 Å². The van der Waals surface area contributed by atoms with Gasteiger partial charge in [-0.2, -0.15) is 0 Å². The normalized spacial score (nSPS) is 13.4. The number of allylic oxidation sites excluding steroid dienone is 1. The Morgan fingerprint density at radius 2 is 1.85 bits per heavy atom. The van der Waals surface area contributed by atoms with Crippen molar-refractivity contribution in [3.05, 3.63) is 12.7 Å². The lowest BCUT2D eigenvalue weighted by atomic mass is 10.0. The molecule has 0 aliphatic rings. The standard InChI is InChI=1S/C14H25N3O3/c1-5-6-7-8-11(13(15)19)17-14(20)12(9(2)3)16-10(4)18/h5,9,11-12H,1,6-8H2,2-4H3,(H2,15,19)(H,16,18)(H,17,20)/t11-,12+/m0/s1. The van der Waals surface area contributed by atoms with E-state index in [2.05, 4.69) is 17.2 Å². The third-order valence-electron chi connectivity index (χ3n) is 2.87. The molecule has 4 N–H and O–H groups in total. The van der Waals surface area contributed by atoms with E-state index in [0.29, 0.717) is 12.8 Å². The molecule has 0 bridgehead atoms. The number of nitrogens with one attached hydrogen (secondary N) is 2. The predicted octanol–water partition coefficient (Wildman–Crippen LogP) is 0.474. The molecule has 0 spiro atoms. The van der Waals surface area contributed by atoms with Crippen LogP contribution in [0.4, 0.5) is 0 Å². The highest BCUT2D eigenvalue weighted by Crippen LogP contribution is 2.05. The van der Waals surface area contributed by atoms with Gasteiger partial charge in [0.25, 0.3) is 0 Å². The second-order valence-corrected chi connectivity index (χ2v) is 5.11. The molecule has 0 aliphatic heterocycles. The van der Waals surface area contributed by atoms with E-state index in [-0.39, 0.29) is 11.8 Å². The van der Waals surface area contributed by atoms with Crippen molar-refractivity contribution in [2.45, 2.75) is 52.1 Å². The Kier molecular flexibility index (Phi) is 8.27. The molecule has 0 aromatic carbocycles. The summed E-state index contributed by atoms with van der Waals surface area (Å²) in [5.41, 5.74) is 5.28. The van der Waals surface area contributed by atoms with E-state index in [4.69, 9.17) is 5.73 Å². The number of nitrogens with two attached hydrogens (primary N) is 1. The summed E-state index contributed by atoms with van der Waals surface area (Å²) in [6.07, 6.45) is 3.66. The van der Waals surface area contributed by atoms with Crippen molar-refractivity contribution < 1.29 is 14.4 Å². The van der Waals surface area contributed by atoms with Crippen molar-refractivity contribution in [2.24, 2.45) is 11.7 Å². The van der Waals surface area contributed by atoms with Crippen molar-refractivity contribution in [1.29, 1.82) is 0 Å². The van der Waals surface area contributed by atoms with E-state index in [1.807, 2.05) is 13.8 Å². The highest BCUT2D eigenvalue weighted by atomic mass is 16.2. The molecule has 0 saturated carbocycles. The van der Waals surface area contributed by atoms with Crippen LogP contribution in [0, 0.1) is 5.92 Å². The molecule has 0 aliphatic carbocycles. The maximum Gasteiger partial charge on any atom is 0.243 e. The van der Waals surface area contributed by atoms with Crippen LogP contribution in [-0.4, -0.2) is 29.8 Å². The Hall–Kier alpha value is -1.85. The van der Waals surface area contributed by atoms with Crippen LogP contribution in [0.2, 0.25) is 0 Å². The Bertz CT molecular complexity index is 367. The van der Waals surface area contributed by atoms with Crippen LogP contribution < -0.4 is 16.4 Å². The van der Waals surface area contributed by atoms with Gasteiger partial charge in [0.1, 0.15) is 12.1 Å². The fraction of sp³-hybridized carbons (Fsp3) is 0.643. The third-order valence-corrected chi connectivity index (χ3v) is 2.87.